The molecule has 0 aliphatic heterocycles. The van der Waals surface area contributed by atoms with E-state index in [0.29, 0.717) is 23.7 Å². The number of rotatable bonds is 12. The zero-order valence-corrected chi connectivity index (χ0v) is 21.3. The Morgan fingerprint density at radius 2 is 1.66 bits per heavy atom. The number of nitrogens with one attached hydrogen (secondary N) is 1. The van der Waals surface area contributed by atoms with Gasteiger partial charge in [0.2, 0.25) is 11.8 Å². The van der Waals surface area contributed by atoms with Crippen molar-refractivity contribution in [3.8, 4) is 0 Å². The van der Waals surface area contributed by atoms with Crippen molar-refractivity contribution in [3.05, 3.63) is 101 Å². The lowest BCUT2D eigenvalue weighted by molar-refractivity contribution is -0.141. The van der Waals surface area contributed by atoms with E-state index in [-0.39, 0.29) is 30.6 Å². The van der Waals surface area contributed by atoms with E-state index in [2.05, 4.69) is 5.32 Å². The molecule has 3 rings (SSSR count). The van der Waals surface area contributed by atoms with Gasteiger partial charge in [0.1, 0.15) is 11.9 Å². The SMILES string of the molecule is CCCNC(=O)[C@H](Cc1ccccc1)N(Cc1ccc(F)cc1)C(=O)CCSc1ccc(Cl)cc1. The molecule has 1 N–H and O–H groups in total. The van der Waals surface area contributed by atoms with Crippen molar-refractivity contribution in [2.24, 2.45) is 0 Å². The van der Waals surface area contributed by atoms with Gasteiger partial charge in [-0.2, -0.15) is 0 Å². The summed E-state index contributed by atoms with van der Waals surface area (Å²) in [5.74, 6) is -0.0814. The van der Waals surface area contributed by atoms with E-state index in [4.69, 9.17) is 11.6 Å². The van der Waals surface area contributed by atoms with Crippen molar-refractivity contribution in [3.63, 3.8) is 0 Å². The fraction of sp³-hybridized carbons (Fsp3) is 0.286. The maximum atomic E-state index is 13.5. The average molecular weight is 513 g/mol. The number of benzene rings is 3. The minimum absolute atomic E-state index is 0.122. The predicted octanol–water partition coefficient (Wildman–Crippen LogP) is 6.13. The van der Waals surface area contributed by atoms with Crippen LogP contribution < -0.4 is 5.32 Å². The summed E-state index contributed by atoms with van der Waals surface area (Å²) in [5, 5.41) is 3.62. The monoisotopic (exact) mass is 512 g/mol. The Balaban J connectivity index is 1.81. The minimum atomic E-state index is -0.679. The quantitative estimate of drug-likeness (QED) is 0.297. The molecule has 3 aromatic carbocycles. The zero-order chi connectivity index (χ0) is 25.0. The third-order valence-electron chi connectivity index (χ3n) is 5.48. The van der Waals surface area contributed by atoms with E-state index in [1.807, 2.05) is 61.5 Å². The van der Waals surface area contributed by atoms with Gasteiger partial charge in [0.25, 0.3) is 0 Å². The number of nitrogens with zero attached hydrogens (tertiary/aromatic N) is 1. The fourth-order valence-electron chi connectivity index (χ4n) is 3.64. The molecule has 1 atom stereocenters. The molecule has 0 unspecified atom stereocenters. The first-order valence-electron chi connectivity index (χ1n) is 11.7. The molecule has 4 nitrogen and oxygen atoms in total. The largest absolute Gasteiger partial charge is 0.354 e. The summed E-state index contributed by atoms with van der Waals surface area (Å²) in [4.78, 5) is 29.4. The Morgan fingerprint density at radius 1 is 0.971 bits per heavy atom. The summed E-state index contributed by atoms with van der Waals surface area (Å²) in [5.41, 5.74) is 1.74. The van der Waals surface area contributed by atoms with Crippen molar-refractivity contribution in [1.29, 1.82) is 0 Å². The van der Waals surface area contributed by atoms with Crippen molar-refractivity contribution in [1.82, 2.24) is 10.2 Å². The number of thioether (sulfide) groups is 1. The van der Waals surface area contributed by atoms with E-state index in [1.54, 1.807) is 28.8 Å². The molecule has 0 saturated carbocycles. The first kappa shape index (κ1) is 26.8. The van der Waals surface area contributed by atoms with E-state index in [9.17, 15) is 14.0 Å². The smallest absolute Gasteiger partial charge is 0.243 e. The Bertz CT molecular complexity index is 1080. The molecule has 0 aliphatic carbocycles. The lowest BCUT2D eigenvalue weighted by atomic mass is 10.0. The van der Waals surface area contributed by atoms with Crippen molar-refractivity contribution in [2.75, 3.05) is 12.3 Å². The summed E-state index contributed by atoms with van der Waals surface area (Å²) in [7, 11) is 0. The van der Waals surface area contributed by atoms with Crippen molar-refractivity contribution in [2.45, 2.75) is 43.7 Å². The van der Waals surface area contributed by atoms with Crippen LogP contribution in [0.2, 0.25) is 5.02 Å². The fourth-order valence-corrected chi connectivity index (χ4v) is 4.60. The maximum Gasteiger partial charge on any atom is 0.243 e. The highest BCUT2D eigenvalue weighted by atomic mass is 35.5. The molecule has 0 bridgehead atoms. The van der Waals surface area contributed by atoms with Crippen LogP contribution in [0.5, 0.6) is 0 Å². The molecule has 0 spiro atoms. The van der Waals surface area contributed by atoms with Gasteiger partial charge in [0, 0.05) is 41.6 Å². The second kappa shape index (κ2) is 13.9. The summed E-state index contributed by atoms with van der Waals surface area (Å²) in [6, 6.07) is 22.5. The second-order valence-electron chi connectivity index (χ2n) is 8.20. The third-order valence-corrected chi connectivity index (χ3v) is 6.75. The summed E-state index contributed by atoms with van der Waals surface area (Å²) >= 11 is 7.53. The van der Waals surface area contributed by atoms with Gasteiger partial charge in [0.05, 0.1) is 0 Å². The van der Waals surface area contributed by atoms with E-state index < -0.39 is 6.04 Å². The molecular weight excluding hydrogens is 483 g/mol. The number of hydrogen-bond donors (Lipinski definition) is 1. The number of carbonyl (C=O) groups excluding carboxylic acids is 2. The van der Waals surface area contributed by atoms with Gasteiger partial charge in [-0.05, 0) is 53.9 Å². The van der Waals surface area contributed by atoms with Crippen molar-refractivity contribution >= 4 is 35.2 Å². The van der Waals surface area contributed by atoms with E-state index >= 15 is 0 Å². The molecule has 0 heterocycles. The highest BCUT2D eigenvalue weighted by Gasteiger charge is 2.30. The first-order valence-corrected chi connectivity index (χ1v) is 13.1. The number of hydrogen-bond acceptors (Lipinski definition) is 3. The topological polar surface area (TPSA) is 49.4 Å². The van der Waals surface area contributed by atoms with Crippen molar-refractivity contribution < 1.29 is 14.0 Å². The van der Waals surface area contributed by atoms with Crippen LogP contribution in [-0.4, -0.2) is 35.1 Å². The summed E-state index contributed by atoms with van der Waals surface area (Å²) < 4.78 is 13.5. The van der Waals surface area contributed by atoms with E-state index in [1.165, 1.54) is 12.1 Å². The highest BCUT2D eigenvalue weighted by molar-refractivity contribution is 7.99. The maximum absolute atomic E-state index is 13.5. The van der Waals surface area contributed by atoms with Crippen LogP contribution >= 0.6 is 23.4 Å². The molecule has 3 aromatic rings. The number of carbonyl (C=O) groups is 2. The Morgan fingerprint density at radius 3 is 2.31 bits per heavy atom. The van der Waals surface area contributed by atoms with Crippen LogP contribution in [0.3, 0.4) is 0 Å². The Labute approximate surface area is 215 Å². The van der Waals surface area contributed by atoms with Crippen LogP contribution in [0.15, 0.2) is 83.8 Å². The summed E-state index contributed by atoms with van der Waals surface area (Å²) in [6.45, 7) is 2.75. The minimum Gasteiger partial charge on any atom is -0.354 e. The molecular formula is C28H30ClFN2O2S. The molecule has 184 valence electrons. The summed E-state index contributed by atoms with van der Waals surface area (Å²) in [6.07, 6.45) is 1.46. The molecule has 7 heteroatoms. The number of amides is 2. The van der Waals surface area contributed by atoms with Crippen LogP contribution in [0.25, 0.3) is 0 Å². The van der Waals surface area contributed by atoms with Gasteiger partial charge in [-0.25, -0.2) is 4.39 Å². The normalized spacial score (nSPS) is 11.6. The molecule has 0 fully saturated rings. The predicted molar refractivity (Wildman–Crippen MR) is 141 cm³/mol. The lowest BCUT2D eigenvalue weighted by Gasteiger charge is -2.31. The molecule has 0 aromatic heterocycles. The molecule has 0 saturated heterocycles. The second-order valence-corrected chi connectivity index (χ2v) is 9.80. The molecule has 0 aliphatic rings. The Hall–Kier alpha value is -2.83. The van der Waals surface area contributed by atoms with Crippen LogP contribution in [0.4, 0.5) is 4.39 Å². The van der Waals surface area contributed by atoms with Gasteiger partial charge in [-0.1, -0.05) is 61.0 Å². The third kappa shape index (κ3) is 8.71. The van der Waals surface area contributed by atoms with Gasteiger partial charge >= 0.3 is 0 Å². The van der Waals surface area contributed by atoms with Gasteiger partial charge in [-0.3, -0.25) is 9.59 Å². The van der Waals surface area contributed by atoms with Gasteiger partial charge in [-0.15, -0.1) is 11.8 Å². The van der Waals surface area contributed by atoms with Crippen LogP contribution in [0, 0.1) is 5.82 Å². The van der Waals surface area contributed by atoms with Gasteiger partial charge < -0.3 is 10.2 Å². The molecule has 2 amide bonds. The first-order chi connectivity index (χ1) is 17.0. The lowest BCUT2D eigenvalue weighted by Crippen LogP contribution is -2.50. The van der Waals surface area contributed by atoms with E-state index in [0.717, 1.165) is 22.4 Å². The molecule has 0 radical (unpaired) electrons. The highest BCUT2D eigenvalue weighted by Crippen LogP contribution is 2.22. The Kier molecular flexibility index (Phi) is 10.6. The molecule has 35 heavy (non-hydrogen) atoms. The van der Waals surface area contributed by atoms with Crippen LogP contribution in [-0.2, 0) is 22.6 Å². The zero-order valence-electron chi connectivity index (χ0n) is 19.8. The van der Waals surface area contributed by atoms with Gasteiger partial charge in [0.15, 0.2) is 0 Å². The van der Waals surface area contributed by atoms with Crippen LogP contribution in [0.1, 0.15) is 30.9 Å². The number of halogens is 2. The average Bonchev–Trinajstić information content (AvgIpc) is 2.87. The standard InChI is InChI=1S/C28H30ClFN2O2S/c1-2-17-31-28(34)26(19-21-6-4-3-5-7-21)32(20-22-8-12-24(30)13-9-22)27(33)16-18-35-25-14-10-23(29)11-15-25/h3-15,26H,2,16-20H2,1H3,(H,31,34)/t26-/m0/s1.